The Balaban J connectivity index is 1.32. The van der Waals surface area contributed by atoms with Crippen LogP contribution in [0.3, 0.4) is 0 Å². The van der Waals surface area contributed by atoms with Gasteiger partial charge in [0.25, 0.3) is 5.56 Å². The standard InChI is InChI=1S/C27H24ClN3O3S/c1-2-3-4-5-15-33-21-11-9-18(10-12-21)25-29-27-31(30-25)26(32)24(35-27)17-22-13-14-23(34-22)19-7-6-8-20(28)16-19/h6-14,16-17H,2-5,15H2,1H3. The van der Waals surface area contributed by atoms with Crippen molar-refractivity contribution < 1.29 is 9.15 Å². The number of halogens is 1. The maximum Gasteiger partial charge on any atom is 0.291 e. The van der Waals surface area contributed by atoms with Crippen LogP contribution in [-0.2, 0) is 0 Å². The summed E-state index contributed by atoms with van der Waals surface area (Å²) >= 11 is 7.35. The van der Waals surface area contributed by atoms with Crippen LogP contribution in [0, 0.1) is 0 Å². The summed E-state index contributed by atoms with van der Waals surface area (Å²) in [4.78, 5) is 18.0. The maximum absolute atomic E-state index is 12.9. The topological polar surface area (TPSA) is 69.6 Å². The fourth-order valence-electron chi connectivity index (χ4n) is 3.73. The predicted molar refractivity (Wildman–Crippen MR) is 140 cm³/mol. The Labute approximate surface area is 211 Å². The lowest BCUT2D eigenvalue weighted by atomic mass is 10.2. The van der Waals surface area contributed by atoms with Gasteiger partial charge in [-0.1, -0.05) is 61.3 Å². The van der Waals surface area contributed by atoms with Crippen LogP contribution in [0.5, 0.6) is 5.75 Å². The van der Waals surface area contributed by atoms with Gasteiger partial charge in [0.2, 0.25) is 4.96 Å². The van der Waals surface area contributed by atoms with Gasteiger partial charge < -0.3 is 9.15 Å². The molecule has 8 heteroatoms. The SMILES string of the molecule is CCCCCCOc1ccc(-c2nc3sc(=Cc4ccc(-c5cccc(Cl)c5)o4)c(=O)n3n2)cc1. The van der Waals surface area contributed by atoms with Gasteiger partial charge in [-0.2, -0.15) is 9.50 Å². The molecule has 0 bridgehead atoms. The van der Waals surface area contributed by atoms with Gasteiger partial charge >= 0.3 is 0 Å². The Morgan fingerprint density at radius 2 is 1.91 bits per heavy atom. The third-order valence-corrected chi connectivity index (χ3v) is 6.76. The molecule has 0 amide bonds. The van der Waals surface area contributed by atoms with Crippen LogP contribution >= 0.6 is 22.9 Å². The molecule has 5 aromatic rings. The summed E-state index contributed by atoms with van der Waals surface area (Å²) in [5, 5.41) is 5.07. The second-order valence-corrected chi connectivity index (χ2v) is 9.64. The van der Waals surface area contributed by atoms with Crippen LogP contribution in [-0.4, -0.2) is 21.2 Å². The molecule has 0 saturated heterocycles. The van der Waals surface area contributed by atoms with Crippen LogP contribution in [0.25, 0.3) is 33.7 Å². The molecule has 0 aliphatic heterocycles. The fourth-order valence-corrected chi connectivity index (χ4v) is 4.81. The number of ether oxygens (including phenoxy) is 1. The number of benzene rings is 2. The van der Waals surface area contributed by atoms with Gasteiger partial charge in [0.1, 0.15) is 21.8 Å². The summed E-state index contributed by atoms with van der Waals surface area (Å²) in [6, 6.07) is 18.8. The number of thiazole rings is 1. The molecule has 0 aliphatic rings. The van der Waals surface area contributed by atoms with Crippen molar-refractivity contribution >= 4 is 34.0 Å². The number of nitrogens with zero attached hydrogens (tertiary/aromatic N) is 3. The molecule has 0 aliphatic carbocycles. The summed E-state index contributed by atoms with van der Waals surface area (Å²) in [5.74, 6) is 2.59. The minimum absolute atomic E-state index is 0.225. The molecule has 3 aromatic heterocycles. The van der Waals surface area contributed by atoms with Crippen molar-refractivity contribution in [2.75, 3.05) is 6.61 Å². The average Bonchev–Trinajstić information content (AvgIpc) is 3.57. The van der Waals surface area contributed by atoms with Gasteiger partial charge in [0.05, 0.1) is 6.61 Å². The molecule has 6 nitrogen and oxygen atoms in total. The Bertz CT molecular complexity index is 1550. The predicted octanol–water partition coefficient (Wildman–Crippen LogP) is 6.24. The number of fused-ring (bicyclic) bond motifs is 1. The third kappa shape index (κ3) is 5.31. The quantitative estimate of drug-likeness (QED) is 0.222. The maximum atomic E-state index is 12.9. The second kappa shape index (κ2) is 10.5. The highest BCUT2D eigenvalue weighted by atomic mass is 35.5. The van der Waals surface area contributed by atoms with Gasteiger partial charge in [-0.15, -0.1) is 5.10 Å². The molecular formula is C27H24ClN3O3S. The van der Waals surface area contributed by atoms with Crippen LogP contribution in [0.4, 0.5) is 0 Å². The van der Waals surface area contributed by atoms with E-state index in [0.29, 0.717) is 38.5 Å². The highest BCUT2D eigenvalue weighted by Crippen LogP contribution is 2.25. The van der Waals surface area contributed by atoms with Crippen molar-refractivity contribution in [3.05, 3.63) is 86.3 Å². The van der Waals surface area contributed by atoms with E-state index in [-0.39, 0.29) is 5.56 Å². The molecular weight excluding hydrogens is 482 g/mol. The van der Waals surface area contributed by atoms with Crippen LogP contribution in [0.1, 0.15) is 38.4 Å². The summed E-state index contributed by atoms with van der Waals surface area (Å²) in [6.45, 7) is 2.91. The van der Waals surface area contributed by atoms with Crippen LogP contribution in [0.2, 0.25) is 5.02 Å². The van der Waals surface area contributed by atoms with Crippen molar-refractivity contribution in [1.29, 1.82) is 0 Å². The Morgan fingerprint density at radius 3 is 2.69 bits per heavy atom. The van der Waals surface area contributed by atoms with Crippen molar-refractivity contribution in [3.8, 4) is 28.5 Å². The van der Waals surface area contributed by atoms with Crippen molar-refractivity contribution in [1.82, 2.24) is 14.6 Å². The molecule has 35 heavy (non-hydrogen) atoms. The Morgan fingerprint density at radius 1 is 1.06 bits per heavy atom. The second-order valence-electron chi connectivity index (χ2n) is 8.19. The van der Waals surface area contributed by atoms with Crippen LogP contribution < -0.4 is 14.8 Å². The third-order valence-electron chi connectivity index (χ3n) is 5.57. The lowest BCUT2D eigenvalue weighted by molar-refractivity contribution is 0.305. The highest BCUT2D eigenvalue weighted by molar-refractivity contribution is 7.15. The minimum atomic E-state index is -0.225. The first kappa shape index (κ1) is 23.3. The largest absolute Gasteiger partial charge is 0.494 e. The fraction of sp³-hybridized carbons (Fsp3) is 0.222. The zero-order valence-electron chi connectivity index (χ0n) is 19.2. The molecule has 3 heterocycles. The number of unbranched alkanes of at least 4 members (excludes halogenated alkanes) is 3. The minimum Gasteiger partial charge on any atom is -0.494 e. The smallest absolute Gasteiger partial charge is 0.291 e. The van der Waals surface area contributed by atoms with E-state index in [1.54, 1.807) is 6.08 Å². The molecule has 5 rings (SSSR count). The normalized spacial score (nSPS) is 12.0. The lowest BCUT2D eigenvalue weighted by Gasteiger charge is -2.06. The molecule has 2 aromatic carbocycles. The zero-order chi connectivity index (χ0) is 24.2. The van der Waals surface area contributed by atoms with Crippen molar-refractivity contribution in [3.63, 3.8) is 0 Å². The van der Waals surface area contributed by atoms with Gasteiger partial charge in [0.15, 0.2) is 5.82 Å². The van der Waals surface area contributed by atoms with E-state index in [0.717, 1.165) is 23.3 Å². The molecule has 0 spiro atoms. The molecule has 0 saturated carbocycles. The highest BCUT2D eigenvalue weighted by Gasteiger charge is 2.13. The van der Waals surface area contributed by atoms with E-state index < -0.39 is 0 Å². The van der Waals surface area contributed by atoms with Gasteiger partial charge in [-0.25, -0.2) is 0 Å². The lowest BCUT2D eigenvalue weighted by Crippen LogP contribution is -2.23. The van der Waals surface area contributed by atoms with Gasteiger partial charge in [-0.3, -0.25) is 4.79 Å². The molecule has 0 atom stereocenters. The first-order valence-electron chi connectivity index (χ1n) is 11.6. The first-order chi connectivity index (χ1) is 17.1. The van der Waals surface area contributed by atoms with Gasteiger partial charge in [-0.05, 0) is 55.0 Å². The van der Waals surface area contributed by atoms with E-state index in [9.17, 15) is 4.79 Å². The summed E-state index contributed by atoms with van der Waals surface area (Å²) in [5.41, 5.74) is 1.48. The molecule has 0 radical (unpaired) electrons. The number of furan rings is 1. The van der Waals surface area contributed by atoms with Crippen molar-refractivity contribution in [2.24, 2.45) is 0 Å². The number of aromatic nitrogens is 3. The molecule has 0 unspecified atom stereocenters. The molecule has 0 fully saturated rings. The molecule has 0 N–H and O–H groups in total. The molecule has 178 valence electrons. The van der Waals surface area contributed by atoms with E-state index >= 15 is 0 Å². The zero-order valence-corrected chi connectivity index (χ0v) is 20.8. The first-order valence-corrected chi connectivity index (χ1v) is 12.8. The number of rotatable bonds is 9. The average molecular weight is 506 g/mol. The number of hydrogen-bond acceptors (Lipinski definition) is 6. The van der Waals surface area contributed by atoms with Crippen LogP contribution in [0.15, 0.2) is 69.9 Å². The summed E-state index contributed by atoms with van der Waals surface area (Å²) in [7, 11) is 0. The Hall–Kier alpha value is -3.42. The summed E-state index contributed by atoms with van der Waals surface area (Å²) < 4.78 is 13.5. The van der Waals surface area contributed by atoms with Crippen molar-refractivity contribution in [2.45, 2.75) is 32.6 Å². The van der Waals surface area contributed by atoms with Gasteiger partial charge in [0, 0.05) is 22.2 Å². The van der Waals surface area contributed by atoms with E-state index in [2.05, 4.69) is 17.0 Å². The van der Waals surface area contributed by atoms with E-state index in [4.69, 9.17) is 20.8 Å². The van der Waals surface area contributed by atoms with E-state index in [1.165, 1.54) is 35.1 Å². The summed E-state index contributed by atoms with van der Waals surface area (Å²) in [6.07, 6.45) is 6.40. The van der Waals surface area contributed by atoms with E-state index in [1.807, 2.05) is 60.7 Å². The monoisotopic (exact) mass is 505 g/mol. The number of hydrogen-bond donors (Lipinski definition) is 0. The Kier molecular flexibility index (Phi) is 6.97.